The van der Waals surface area contributed by atoms with Crippen LogP contribution in [0.25, 0.3) is 44.5 Å². The number of hydrogen-bond donors (Lipinski definition) is 0. The first-order chi connectivity index (χ1) is 35.5. The molecule has 1 nitrogen and oxygen atoms in total. The van der Waals surface area contributed by atoms with E-state index in [9.17, 15) is 0 Å². The monoisotopic (exact) mass is 917 g/mol. The van der Waals surface area contributed by atoms with Crippen LogP contribution in [0.1, 0.15) is 69.5 Å². The van der Waals surface area contributed by atoms with Crippen molar-refractivity contribution < 1.29 is 0 Å². The van der Waals surface area contributed by atoms with Gasteiger partial charge in [-0.15, -0.1) is 0 Å². The van der Waals surface area contributed by atoms with E-state index in [-0.39, 0.29) is 5.41 Å². The third-order valence-electron chi connectivity index (χ3n) is 16.4. The smallest absolute Gasteiger partial charge is 0.0714 e. The zero-order valence-electron chi connectivity index (χ0n) is 40.4. The van der Waals surface area contributed by atoms with Crippen LogP contribution < -0.4 is 4.90 Å². The number of benzene rings is 11. The molecule has 1 heteroatoms. The number of rotatable bonds is 7. The van der Waals surface area contributed by atoms with E-state index in [0.717, 1.165) is 17.1 Å². The van der Waals surface area contributed by atoms with E-state index >= 15 is 0 Å². The molecule has 0 aromatic heterocycles. The first-order valence-electron chi connectivity index (χ1n) is 25.3. The molecule has 11 aromatic carbocycles. The van der Waals surface area contributed by atoms with Crippen LogP contribution in [0.15, 0.2) is 273 Å². The molecule has 14 rings (SSSR count). The zero-order valence-corrected chi connectivity index (χ0v) is 40.4. The van der Waals surface area contributed by atoms with E-state index < -0.39 is 10.8 Å². The second-order valence-corrected chi connectivity index (χ2v) is 20.3. The largest absolute Gasteiger partial charge is 0.310 e. The van der Waals surface area contributed by atoms with Crippen molar-refractivity contribution in [2.75, 3.05) is 4.90 Å². The zero-order chi connectivity index (χ0) is 48.0. The topological polar surface area (TPSA) is 3.24 Å². The molecule has 0 fully saturated rings. The standard InChI is InChI=1S/C71H51N/c1-69(2)61-38-18-14-36-58(61)59-45-44-53(47-66(59)69)72(67-43-23-42-65-68(67)60-37-17-21-41-64(60)70(65,48-24-6-3-7-25-48)49-26-8-4-9-27-49)52-31-22-30-51(46-52)71(50-28-10-5-11-29-50)62-39-19-15-34-56(62)54-32-12-13-33-55(54)57-35-16-20-40-63(57)71/h3-47H,1-2H3. The summed E-state index contributed by atoms with van der Waals surface area (Å²) >= 11 is 0. The number of fused-ring (bicyclic) bond motifs is 11. The Labute approximate surface area is 423 Å². The van der Waals surface area contributed by atoms with Gasteiger partial charge in [0, 0.05) is 22.4 Å². The van der Waals surface area contributed by atoms with Gasteiger partial charge >= 0.3 is 0 Å². The summed E-state index contributed by atoms with van der Waals surface area (Å²) in [6.07, 6.45) is 0. The first-order valence-corrected chi connectivity index (χ1v) is 25.3. The molecule has 0 amide bonds. The van der Waals surface area contributed by atoms with Crippen molar-refractivity contribution >= 4 is 17.1 Å². The van der Waals surface area contributed by atoms with Crippen molar-refractivity contribution in [3.05, 3.63) is 329 Å². The Balaban J connectivity index is 1.09. The van der Waals surface area contributed by atoms with Gasteiger partial charge < -0.3 is 4.90 Å². The SMILES string of the molecule is CC1(C)c2ccccc2-c2ccc(N(c3cccc(C4(c5ccccc5)c5ccccc5-c5ccccc5-c5ccccc54)c3)c3cccc4c3-c3ccccc3C4(c3ccccc3)c3ccccc3)cc21. The molecule has 0 atom stereocenters. The molecule has 0 aliphatic heterocycles. The summed E-state index contributed by atoms with van der Waals surface area (Å²) in [5.74, 6) is 0. The summed E-state index contributed by atoms with van der Waals surface area (Å²) in [6.45, 7) is 4.78. The molecule has 340 valence electrons. The Morgan fingerprint density at radius 1 is 0.250 bits per heavy atom. The lowest BCUT2D eigenvalue weighted by molar-refractivity contribution is 0.660. The molecule has 72 heavy (non-hydrogen) atoms. The first kappa shape index (κ1) is 42.1. The van der Waals surface area contributed by atoms with Gasteiger partial charge in [-0.1, -0.05) is 257 Å². The Bertz CT molecular complexity index is 3790. The molecule has 0 bridgehead atoms. The highest BCUT2D eigenvalue weighted by Crippen LogP contribution is 2.61. The molecule has 3 aliphatic carbocycles. The quantitative estimate of drug-likeness (QED) is 0.154. The highest BCUT2D eigenvalue weighted by Gasteiger charge is 2.48. The predicted octanol–water partition coefficient (Wildman–Crippen LogP) is 17.9. The maximum absolute atomic E-state index is 2.58. The van der Waals surface area contributed by atoms with E-state index in [1.807, 2.05) is 0 Å². The molecule has 3 aliphatic rings. The maximum atomic E-state index is 2.58. The lowest BCUT2D eigenvalue weighted by Crippen LogP contribution is -2.32. The van der Waals surface area contributed by atoms with Crippen LogP contribution in [0.5, 0.6) is 0 Å². The van der Waals surface area contributed by atoms with Crippen LogP contribution in [-0.2, 0) is 16.2 Å². The molecule has 11 aromatic rings. The van der Waals surface area contributed by atoms with Crippen molar-refractivity contribution in [2.45, 2.75) is 30.1 Å². The highest BCUT2D eigenvalue weighted by atomic mass is 15.1. The van der Waals surface area contributed by atoms with Gasteiger partial charge in [0.15, 0.2) is 0 Å². The van der Waals surface area contributed by atoms with Gasteiger partial charge in [-0.25, -0.2) is 0 Å². The van der Waals surface area contributed by atoms with Gasteiger partial charge in [0.2, 0.25) is 0 Å². The number of hydrogen-bond acceptors (Lipinski definition) is 1. The van der Waals surface area contributed by atoms with E-state index in [1.54, 1.807) is 0 Å². The summed E-state index contributed by atoms with van der Waals surface area (Å²) in [6, 6.07) is 103. The second kappa shape index (κ2) is 16.1. The fraction of sp³-hybridized carbons (Fsp3) is 0.0704. The average Bonchev–Trinajstić information content (AvgIpc) is 3.84. The van der Waals surface area contributed by atoms with Crippen LogP contribution in [0.3, 0.4) is 0 Å². The van der Waals surface area contributed by atoms with Gasteiger partial charge in [-0.3, -0.25) is 0 Å². The van der Waals surface area contributed by atoms with Gasteiger partial charge in [-0.05, 0) is 125 Å². The van der Waals surface area contributed by atoms with Gasteiger partial charge in [0.1, 0.15) is 0 Å². The minimum absolute atomic E-state index is 0.198. The normalized spacial score (nSPS) is 14.6. The Morgan fingerprint density at radius 3 is 1.18 bits per heavy atom. The minimum Gasteiger partial charge on any atom is -0.310 e. The fourth-order valence-electron chi connectivity index (χ4n) is 13.5. The second-order valence-electron chi connectivity index (χ2n) is 20.3. The van der Waals surface area contributed by atoms with E-state index in [4.69, 9.17) is 0 Å². The van der Waals surface area contributed by atoms with Crippen molar-refractivity contribution in [2.24, 2.45) is 0 Å². The van der Waals surface area contributed by atoms with Gasteiger partial charge in [-0.2, -0.15) is 0 Å². The predicted molar refractivity (Wildman–Crippen MR) is 299 cm³/mol. The van der Waals surface area contributed by atoms with E-state index in [1.165, 1.54) is 100 Å². The van der Waals surface area contributed by atoms with Crippen molar-refractivity contribution in [1.82, 2.24) is 0 Å². The maximum Gasteiger partial charge on any atom is 0.0714 e. The van der Waals surface area contributed by atoms with Crippen molar-refractivity contribution in [3.63, 3.8) is 0 Å². The number of anilines is 3. The lowest BCUT2D eigenvalue weighted by Gasteiger charge is -2.39. The van der Waals surface area contributed by atoms with Crippen molar-refractivity contribution in [1.29, 1.82) is 0 Å². The number of nitrogens with zero attached hydrogens (tertiary/aromatic N) is 1. The fourth-order valence-corrected chi connectivity index (χ4v) is 13.5. The molecule has 0 saturated carbocycles. The summed E-state index contributed by atoms with van der Waals surface area (Å²) < 4.78 is 0. The Morgan fingerprint density at radius 2 is 0.625 bits per heavy atom. The summed E-state index contributed by atoms with van der Waals surface area (Å²) in [4.78, 5) is 2.58. The van der Waals surface area contributed by atoms with Crippen LogP contribution in [0, 0.1) is 0 Å². The third kappa shape index (κ3) is 5.83. The molecular formula is C71H51N. The minimum atomic E-state index is -0.697. The third-order valence-corrected chi connectivity index (χ3v) is 16.4. The molecule has 0 saturated heterocycles. The molecule has 0 radical (unpaired) electrons. The van der Waals surface area contributed by atoms with Gasteiger partial charge in [0.05, 0.1) is 16.5 Å². The van der Waals surface area contributed by atoms with E-state index in [0.29, 0.717) is 0 Å². The average molecular weight is 918 g/mol. The van der Waals surface area contributed by atoms with E-state index in [2.05, 4.69) is 292 Å². The molecule has 0 spiro atoms. The molecule has 0 N–H and O–H groups in total. The Kier molecular flexibility index (Phi) is 9.44. The molecular weight excluding hydrogens is 867 g/mol. The summed E-state index contributed by atoms with van der Waals surface area (Å²) in [5.41, 5.74) is 24.7. The van der Waals surface area contributed by atoms with Crippen molar-refractivity contribution in [3.8, 4) is 44.5 Å². The summed E-state index contributed by atoms with van der Waals surface area (Å²) in [5, 5.41) is 0. The summed E-state index contributed by atoms with van der Waals surface area (Å²) in [7, 11) is 0. The molecule has 0 unspecified atom stereocenters. The highest BCUT2D eigenvalue weighted by molar-refractivity contribution is 5.99. The van der Waals surface area contributed by atoms with Crippen LogP contribution in [-0.4, -0.2) is 0 Å². The van der Waals surface area contributed by atoms with Crippen LogP contribution in [0.2, 0.25) is 0 Å². The van der Waals surface area contributed by atoms with Gasteiger partial charge in [0.25, 0.3) is 0 Å². The lowest BCUT2D eigenvalue weighted by atomic mass is 9.63. The molecule has 0 heterocycles. The van der Waals surface area contributed by atoms with Crippen LogP contribution >= 0.6 is 0 Å². The Hall–Kier alpha value is -8.78. The van der Waals surface area contributed by atoms with Crippen LogP contribution in [0.4, 0.5) is 17.1 Å².